The highest BCUT2D eigenvalue weighted by atomic mass is 15.1. The van der Waals surface area contributed by atoms with E-state index >= 15 is 0 Å². The lowest BCUT2D eigenvalue weighted by atomic mass is 9.99. The van der Waals surface area contributed by atoms with Crippen LogP contribution in [0.3, 0.4) is 0 Å². The number of pyridine rings is 7. The molecule has 18 rings (SSSR count). The lowest BCUT2D eigenvalue weighted by Gasteiger charge is -2.08. The normalized spacial score (nSPS) is 11.5. The standard InChI is InChI=1S/5C12H13N.C12H14.C11H13N.C10H12N2.C9H11N3/c1-9(2)11-7-3-5-10-6-4-8-13-12(10)11;1-9(2)10-5-6-12-11(8-10)4-3-7-13-12;1-9(2)11-7-10-5-3-4-6-12(10)13-8-11;1-9(2)10-7-8-13-12-6-4-3-5-11(10)12;1-9(2)11-8-7-10-5-3-4-6-12(10)13-11;1-9(2)12-7-10-5-3-4-6-11(10)8-12;1-9(2)10-7-11-5-3-4-6-12(11)8-10;1-8(2)9-7-12-6-4-3-5-10(12)11-9;1-7(2)8-6-12-5-3-4-10-9(12)11-8/h5*3-9H,1-2H3;3-7,9H,8H2,1-2H3;3-9H,1-2H3;3-8H,1-2H3;3-7H,1-2H3. The van der Waals surface area contributed by atoms with E-state index in [1.54, 1.807) is 11.8 Å². The maximum absolute atomic E-state index is 4.57. The number of imidazole rings is 2. The average molecular weight is 1500 g/mol. The number of rotatable bonds is 9. The molecule has 11 heteroatoms. The number of benzene rings is 6. The van der Waals surface area contributed by atoms with E-state index in [1.165, 1.54) is 77.1 Å². The number of hydrogen-bond donors (Lipinski definition) is 0. The fourth-order valence-electron chi connectivity index (χ4n) is 12.9. The molecule has 1 aliphatic carbocycles. The molecule has 578 valence electrons. The zero-order valence-corrected chi connectivity index (χ0v) is 69.7. The smallest absolute Gasteiger partial charge is 0.233 e. The summed E-state index contributed by atoms with van der Waals surface area (Å²) >= 11 is 0. The van der Waals surface area contributed by atoms with E-state index in [0.29, 0.717) is 53.3 Å². The minimum Gasteiger partial charge on any atom is -0.324 e. The van der Waals surface area contributed by atoms with Crippen molar-refractivity contribution in [3.05, 3.63) is 360 Å². The molecule has 0 radical (unpaired) electrons. The molecule has 11 heterocycles. The summed E-state index contributed by atoms with van der Waals surface area (Å²) in [4.78, 5) is 35.0. The van der Waals surface area contributed by atoms with Crippen LogP contribution in [0, 0.1) is 5.92 Å². The van der Waals surface area contributed by atoms with E-state index in [1.807, 2.05) is 121 Å². The number of para-hydroxylation sites is 4. The van der Waals surface area contributed by atoms with Crippen LogP contribution in [0.5, 0.6) is 0 Å². The van der Waals surface area contributed by atoms with Crippen LogP contribution in [0.15, 0.2) is 304 Å². The zero-order valence-electron chi connectivity index (χ0n) is 69.7. The van der Waals surface area contributed by atoms with Crippen LogP contribution < -0.4 is 0 Å². The maximum atomic E-state index is 4.57. The van der Waals surface area contributed by atoms with Crippen molar-refractivity contribution < 1.29 is 0 Å². The monoisotopic (exact) mass is 1490 g/mol. The summed E-state index contributed by atoms with van der Waals surface area (Å²) in [6, 6.07) is 79.3. The molecule has 11 aromatic heterocycles. The first kappa shape index (κ1) is 83.6. The average Bonchev–Trinajstić information content (AvgIpc) is 0.970. The molecule has 113 heavy (non-hydrogen) atoms. The second kappa shape index (κ2) is 40.9. The molecule has 11 nitrogen and oxygen atoms in total. The van der Waals surface area contributed by atoms with Crippen molar-refractivity contribution in [2.45, 2.75) is 178 Å². The Morgan fingerprint density at radius 3 is 1.53 bits per heavy atom. The van der Waals surface area contributed by atoms with Crippen LogP contribution in [-0.2, 0) is 6.42 Å². The molecule has 0 saturated heterocycles. The van der Waals surface area contributed by atoms with Gasteiger partial charge in [-0.15, -0.1) is 0 Å². The third kappa shape index (κ3) is 23.6. The van der Waals surface area contributed by atoms with Gasteiger partial charge >= 0.3 is 0 Å². The van der Waals surface area contributed by atoms with E-state index in [9.17, 15) is 0 Å². The van der Waals surface area contributed by atoms with Crippen molar-refractivity contribution in [1.29, 1.82) is 0 Å². The molecule has 0 bridgehead atoms. The Balaban J connectivity index is 0.000000135. The molecule has 0 amide bonds. The lowest BCUT2D eigenvalue weighted by molar-refractivity contribution is 0.754. The molecular formula is C102H115N11. The van der Waals surface area contributed by atoms with Crippen molar-refractivity contribution in [1.82, 2.24) is 53.1 Å². The third-order valence-corrected chi connectivity index (χ3v) is 19.9. The maximum Gasteiger partial charge on any atom is 0.233 e. The van der Waals surface area contributed by atoms with Gasteiger partial charge in [0.1, 0.15) is 5.65 Å². The fraction of sp³-hybridized carbons (Fsp3) is 0.275. The van der Waals surface area contributed by atoms with Crippen LogP contribution in [0.1, 0.15) is 228 Å². The number of aromatic nitrogens is 11. The highest BCUT2D eigenvalue weighted by Gasteiger charge is 2.15. The van der Waals surface area contributed by atoms with E-state index in [4.69, 9.17) is 0 Å². The van der Waals surface area contributed by atoms with Gasteiger partial charge in [-0.25, -0.2) is 15.0 Å². The quantitative estimate of drug-likeness (QED) is 0.140. The molecule has 17 aromatic rings. The zero-order chi connectivity index (χ0) is 80.5. The number of nitrogens with zero attached hydrogens (tertiary/aromatic N) is 11. The largest absolute Gasteiger partial charge is 0.324 e. The summed E-state index contributed by atoms with van der Waals surface area (Å²) in [5.74, 6) is 5.80. The van der Waals surface area contributed by atoms with Crippen LogP contribution >= 0.6 is 0 Å². The van der Waals surface area contributed by atoms with Gasteiger partial charge in [0, 0.05) is 106 Å². The first-order valence-corrected chi connectivity index (χ1v) is 40.3. The topological polar surface area (TPSA) is 116 Å². The van der Waals surface area contributed by atoms with Gasteiger partial charge in [-0.3, -0.25) is 29.3 Å². The Morgan fingerprint density at radius 2 is 0.858 bits per heavy atom. The molecule has 0 fully saturated rings. The van der Waals surface area contributed by atoms with Gasteiger partial charge in [-0.1, -0.05) is 270 Å². The van der Waals surface area contributed by atoms with Crippen molar-refractivity contribution in [2.75, 3.05) is 0 Å². The summed E-state index contributed by atoms with van der Waals surface area (Å²) in [6.45, 7) is 39.4. The third-order valence-electron chi connectivity index (χ3n) is 19.9. The summed E-state index contributed by atoms with van der Waals surface area (Å²) in [5, 5.41) is 6.18. The molecule has 6 aromatic carbocycles. The van der Waals surface area contributed by atoms with Crippen molar-refractivity contribution in [3.63, 3.8) is 0 Å². The summed E-state index contributed by atoms with van der Waals surface area (Å²) in [5.41, 5.74) is 22.5. The van der Waals surface area contributed by atoms with Crippen LogP contribution in [-0.4, -0.2) is 53.1 Å². The fourth-order valence-corrected chi connectivity index (χ4v) is 12.9. The molecule has 0 N–H and O–H groups in total. The van der Waals surface area contributed by atoms with Crippen molar-refractivity contribution >= 4 is 77.5 Å². The van der Waals surface area contributed by atoms with E-state index in [0.717, 1.165) is 56.8 Å². The number of hydrogen-bond acceptors (Lipinski definition) is 8. The van der Waals surface area contributed by atoms with E-state index in [2.05, 4.69) is 356 Å². The first-order chi connectivity index (χ1) is 54.5. The highest BCUT2D eigenvalue weighted by molar-refractivity contribution is 5.84. The molecule has 1 aliphatic rings. The molecule has 0 saturated carbocycles. The summed E-state index contributed by atoms with van der Waals surface area (Å²) in [6.07, 6.45) is 25.2. The molecular weight excluding hydrogens is 1380 g/mol. The minimum atomic E-state index is 0.465. The van der Waals surface area contributed by atoms with E-state index < -0.39 is 0 Å². The first-order valence-electron chi connectivity index (χ1n) is 40.3. The summed E-state index contributed by atoms with van der Waals surface area (Å²) < 4.78 is 6.15. The molecule has 0 aliphatic heterocycles. The van der Waals surface area contributed by atoms with Gasteiger partial charge < -0.3 is 8.80 Å². The van der Waals surface area contributed by atoms with Crippen molar-refractivity contribution in [3.8, 4) is 0 Å². The molecule has 0 atom stereocenters. The predicted molar refractivity (Wildman–Crippen MR) is 480 cm³/mol. The van der Waals surface area contributed by atoms with Gasteiger partial charge in [-0.05, 0) is 196 Å². The highest BCUT2D eigenvalue weighted by Crippen LogP contribution is 2.30. The van der Waals surface area contributed by atoms with Crippen LogP contribution in [0.25, 0.3) is 77.5 Å². The Kier molecular flexibility index (Phi) is 30.3. The van der Waals surface area contributed by atoms with Crippen molar-refractivity contribution in [2.24, 2.45) is 5.92 Å². The Hall–Kier alpha value is -11.8. The minimum absolute atomic E-state index is 0.465. The number of fused-ring (bicyclic) bond motifs is 9. The second-order valence-electron chi connectivity index (χ2n) is 31.6. The molecule has 0 spiro atoms. The lowest BCUT2D eigenvalue weighted by Crippen LogP contribution is -1.92. The van der Waals surface area contributed by atoms with Crippen LogP contribution in [0.2, 0.25) is 0 Å². The number of allylic oxidation sites excluding steroid dienone is 1. The van der Waals surface area contributed by atoms with Gasteiger partial charge in [0.25, 0.3) is 0 Å². The van der Waals surface area contributed by atoms with E-state index in [-0.39, 0.29) is 0 Å². The Morgan fingerprint density at radius 1 is 0.301 bits per heavy atom. The molecule has 0 unspecified atom stereocenters. The van der Waals surface area contributed by atoms with Gasteiger partial charge in [0.2, 0.25) is 5.78 Å². The van der Waals surface area contributed by atoms with Crippen LogP contribution in [0.4, 0.5) is 0 Å². The van der Waals surface area contributed by atoms with Gasteiger partial charge in [0.05, 0.1) is 39.0 Å². The second-order valence-corrected chi connectivity index (χ2v) is 31.6. The van der Waals surface area contributed by atoms with Gasteiger partial charge in [-0.2, -0.15) is 0 Å². The van der Waals surface area contributed by atoms with Gasteiger partial charge in [0.15, 0.2) is 0 Å². The summed E-state index contributed by atoms with van der Waals surface area (Å²) in [7, 11) is 0. The Bertz CT molecular complexity index is 5260. The predicted octanol–water partition coefficient (Wildman–Crippen LogP) is 27.4. The SMILES string of the molecule is CC(C)C1=Cc2ccccc2C1.CC(C)c1cc2ccccn2c1.CC(C)c1ccc2ccccc2n1.CC(C)c1ccc2ncccc2c1.CC(C)c1cccc2cccnc12.CC(C)c1ccnc2ccccc12.CC(C)c1cn2ccccc2n1.CC(C)c1cn2cccnc2n1.CC(C)c1cnc2ccccc2c1. The Labute approximate surface area is 671 Å².